The molecular weight excluding hydrogens is 318 g/mol. The largest absolute Gasteiger partial charge is 0.494 e. The minimum atomic E-state index is 0.0615. The van der Waals surface area contributed by atoms with E-state index < -0.39 is 0 Å². The molecule has 0 radical (unpaired) electrons. The van der Waals surface area contributed by atoms with E-state index in [2.05, 4.69) is 17.0 Å². The number of benzene rings is 1. The summed E-state index contributed by atoms with van der Waals surface area (Å²) in [4.78, 5) is 29.6. The highest BCUT2D eigenvalue weighted by Gasteiger charge is 2.19. The lowest BCUT2D eigenvalue weighted by molar-refractivity contribution is -0.132. The van der Waals surface area contributed by atoms with Crippen molar-refractivity contribution in [3.63, 3.8) is 0 Å². The van der Waals surface area contributed by atoms with E-state index in [1.54, 1.807) is 13.8 Å². The molecule has 1 fully saturated rings. The van der Waals surface area contributed by atoms with Crippen molar-refractivity contribution in [2.75, 3.05) is 45.9 Å². The highest BCUT2D eigenvalue weighted by molar-refractivity contribution is 5.74. The fourth-order valence-corrected chi connectivity index (χ4v) is 3.00. The highest BCUT2D eigenvalue weighted by Crippen LogP contribution is 2.14. The van der Waals surface area contributed by atoms with Crippen LogP contribution in [0.3, 0.4) is 0 Å². The molecule has 0 N–H and O–H groups in total. The summed E-state index contributed by atoms with van der Waals surface area (Å²) in [6.07, 6.45) is 0. The summed E-state index contributed by atoms with van der Waals surface area (Å²) in [6, 6.07) is 8.12. The van der Waals surface area contributed by atoms with Crippen LogP contribution < -0.4 is 4.74 Å². The molecule has 0 unspecified atom stereocenters. The summed E-state index contributed by atoms with van der Waals surface area (Å²) in [5.41, 5.74) is 1.20. The monoisotopic (exact) mass is 347 g/mol. The SMILES string of the molecule is CCOc1ccc(CN2CCN(C(C)=O)CCN(C(C)=O)CC2)cc1. The van der Waals surface area contributed by atoms with Gasteiger partial charge in [-0.25, -0.2) is 0 Å². The normalized spacial score (nSPS) is 16.8. The van der Waals surface area contributed by atoms with Gasteiger partial charge in [0, 0.05) is 59.7 Å². The van der Waals surface area contributed by atoms with Gasteiger partial charge in [0.1, 0.15) is 5.75 Å². The van der Waals surface area contributed by atoms with Crippen LogP contribution in [-0.4, -0.2) is 72.4 Å². The Kier molecular flexibility index (Phi) is 7.25. The van der Waals surface area contributed by atoms with Crippen molar-refractivity contribution in [3.05, 3.63) is 29.8 Å². The van der Waals surface area contributed by atoms with Gasteiger partial charge in [-0.2, -0.15) is 0 Å². The summed E-state index contributed by atoms with van der Waals surface area (Å²) >= 11 is 0. The second kappa shape index (κ2) is 9.42. The number of rotatable bonds is 4. The van der Waals surface area contributed by atoms with Gasteiger partial charge in [-0.3, -0.25) is 14.5 Å². The zero-order valence-corrected chi connectivity index (χ0v) is 15.5. The van der Waals surface area contributed by atoms with Crippen molar-refractivity contribution in [2.45, 2.75) is 27.3 Å². The second-order valence-corrected chi connectivity index (χ2v) is 6.37. The van der Waals surface area contributed by atoms with Gasteiger partial charge in [0.15, 0.2) is 0 Å². The van der Waals surface area contributed by atoms with Crippen molar-refractivity contribution >= 4 is 11.8 Å². The van der Waals surface area contributed by atoms with E-state index in [0.717, 1.165) is 25.4 Å². The number of amides is 2. The van der Waals surface area contributed by atoms with Crippen LogP contribution in [0.1, 0.15) is 26.3 Å². The predicted octanol–water partition coefficient (Wildman–Crippen LogP) is 1.60. The van der Waals surface area contributed by atoms with E-state index in [0.29, 0.717) is 32.8 Å². The molecule has 1 heterocycles. The topological polar surface area (TPSA) is 53.1 Å². The third-order valence-corrected chi connectivity index (χ3v) is 4.54. The van der Waals surface area contributed by atoms with Crippen molar-refractivity contribution in [1.82, 2.24) is 14.7 Å². The molecule has 0 aliphatic carbocycles. The minimum Gasteiger partial charge on any atom is -0.494 e. The van der Waals surface area contributed by atoms with Crippen molar-refractivity contribution in [1.29, 1.82) is 0 Å². The average Bonchev–Trinajstić information content (AvgIpc) is 2.67. The van der Waals surface area contributed by atoms with E-state index >= 15 is 0 Å². The van der Waals surface area contributed by atoms with Crippen LogP contribution >= 0.6 is 0 Å². The van der Waals surface area contributed by atoms with Crippen molar-refractivity contribution in [3.8, 4) is 5.75 Å². The van der Waals surface area contributed by atoms with E-state index in [9.17, 15) is 9.59 Å². The van der Waals surface area contributed by atoms with Gasteiger partial charge in [0.05, 0.1) is 6.61 Å². The third kappa shape index (κ3) is 6.05. The molecule has 25 heavy (non-hydrogen) atoms. The number of ether oxygens (including phenoxy) is 1. The predicted molar refractivity (Wildman–Crippen MR) is 97.4 cm³/mol. The average molecular weight is 347 g/mol. The van der Waals surface area contributed by atoms with Crippen molar-refractivity contribution < 1.29 is 14.3 Å². The zero-order valence-electron chi connectivity index (χ0n) is 15.5. The smallest absolute Gasteiger partial charge is 0.219 e. The maximum atomic E-state index is 11.8. The fraction of sp³-hybridized carbons (Fsp3) is 0.579. The maximum absolute atomic E-state index is 11.8. The van der Waals surface area contributed by atoms with Crippen LogP contribution in [0.2, 0.25) is 0 Å². The number of hydrogen-bond acceptors (Lipinski definition) is 4. The summed E-state index contributed by atoms with van der Waals surface area (Å²) in [6.45, 7) is 10.8. The Bertz CT molecular complexity index is 548. The van der Waals surface area contributed by atoms with E-state index in [1.165, 1.54) is 5.56 Å². The highest BCUT2D eigenvalue weighted by atomic mass is 16.5. The molecule has 0 spiro atoms. The molecular formula is C19H29N3O3. The van der Waals surface area contributed by atoms with Crippen LogP contribution in [-0.2, 0) is 16.1 Å². The Morgan fingerprint density at radius 3 is 1.80 bits per heavy atom. The summed E-state index contributed by atoms with van der Waals surface area (Å²) in [7, 11) is 0. The van der Waals surface area contributed by atoms with Gasteiger partial charge in [0.2, 0.25) is 11.8 Å². The lowest BCUT2D eigenvalue weighted by Gasteiger charge is -2.25. The standard InChI is InChI=1S/C19H29N3O3/c1-4-25-19-7-5-18(6-8-19)15-20-9-11-21(16(2)23)13-14-22(12-10-20)17(3)24/h5-8H,4,9-15H2,1-3H3. The van der Waals surface area contributed by atoms with Crippen LogP contribution in [0, 0.1) is 0 Å². The molecule has 6 nitrogen and oxygen atoms in total. The summed E-state index contributed by atoms with van der Waals surface area (Å²) < 4.78 is 5.48. The Balaban J connectivity index is 2.04. The number of nitrogens with zero attached hydrogens (tertiary/aromatic N) is 3. The van der Waals surface area contributed by atoms with Crippen LogP contribution in [0.5, 0.6) is 5.75 Å². The lowest BCUT2D eigenvalue weighted by atomic mass is 10.2. The van der Waals surface area contributed by atoms with Gasteiger partial charge in [-0.15, -0.1) is 0 Å². The molecule has 1 aromatic carbocycles. The number of carbonyl (C=O) groups excluding carboxylic acids is 2. The molecule has 1 saturated heterocycles. The third-order valence-electron chi connectivity index (χ3n) is 4.54. The van der Waals surface area contributed by atoms with E-state index in [-0.39, 0.29) is 11.8 Å². The molecule has 0 atom stereocenters. The molecule has 0 bridgehead atoms. The molecule has 2 amide bonds. The first kappa shape index (κ1) is 19.2. The maximum Gasteiger partial charge on any atom is 0.219 e. The first-order valence-electron chi connectivity index (χ1n) is 8.94. The molecule has 0 saturated carbocycles. The molecule has 2 rings (SSSR count). The first-order chi connectivity index (χ1) is 12.0. The summed E-state index contributed by atoms with van der Waals surface area (Å²) in [5, 5.41) is 0. The first-order valence-corrected chi connectivity index (χ1v) is 8.94. The molecule has 1 aliphatic heterocycles. The van der Waals surface area contributed by atoms with Crippen LogP contribution in [0.25, 0.3) is 0 Å². The molecule has 6 heteroatoms. The van der Waals surface area contributed by atoms with Gasteiger partial charge in [-0.1, -0.05) is 12.1 Å². The Labute approximate surface area is 150 Å². The zero-order chi connectivity index (χ0) is 18.2. The van der Waals surface area contributed by atoms with Gasteiger partial charge < -0.3 is 14.5 Å². The number of hydrogen-bond donors (Lipinski definition) is 0. The van der Waals surface area contributed by atoms with Crippen LogP contribution in [0.4, 0.5) is 0 Å². The molecule has 1 aliphatic rings. The lowest BCUT2D eigenvalue weighted by Crippen LogP contribution is -2.40. The molecule has 138 valence electrons. The molecule has 1 aromatic rings. The Hall–Kier alpha value is -2.08. The second-order valence-electron chi connectivity index (χ2n) is 6.37. The van der Waals surface area contributed by atoms with Gasteiger partial charge in [-0.05, 0) is 24.6 Å². The van der Waals surface area contributed by atoms with Gasteiger partial charge in [0.25, 0.3) is 0 Å². The van der Waals surface area contributed by atoms with E-state index in [4.69, 9.17) is 4.74 Å². The summed E-state index contributed by atoms with van der Waals surface area (Å²) in [5.74, 6) is 0.999. The fourth-order valence-electron chi connectivity index (χ4n) is 3.00. The minimum absolute atomic E-state index is 0.0615. The van der Waals surface area contributed by atoms with Gasteiger partial charge >= 0.3 is 0 Å². The van der Waals surface area contributed by atoms with Crippen molar-refractivity contribution in [2.24, 2.45) is 0 Å². The number of carbonyl (C=O) groups is 2. The quantitative estimate of drug-likeness (QED) is 0.830. The van der Waals surface area contributed by atoms with E-state index in [1.807, 2.05) is 28.9 Å². The Morgan fingerprint density at radius 1 is 0.880 bits per heavy atom. The van der Waals surface area contributed by atoms with Crippen LogP contribution in [0.15, 0.2) is 24.3 Å². The Morgan fingerprint density at radius 2 is 1.36 bits per heavy atom. The molecule has 0 aromatic heterocycles.